The summed E-state index contributed by atoms with van der Waals surface area (Å²) in [6, 6.07) is 1.81. The van der Waals surface area contributed by atoms with Crippen molar-refractivity contribution in [2.45, 2.75) is 39.5 Å². The van der Waals surface area contributed by atoms with E-state index in [1.807, 2.05) is 13.0 Å². The van der Waals surface area contributed by atoms with Crippen molar-refractivity contribution in [3.63, 3.8) is 0 Å². The molecule has 1 saturated carbocycles. The molecule has 0 unspecified atom stereocenters. The lowest BCUT2D eigenvalue weighted by atomic mass is 10.0. The van der Waals surface area contributed by atoms with Crippen molar-refractivity contribution in [1.29, 1.82) is 0 Å². The molecule has 19 heavy (non-hydrogen) atoms. The van der Waals surface area contributed by atoms with Crippen LogP contribution in [-0.4, -0.2) is 26.1 Å². The molecule has 2 aromatic rings. The highest BCUT2D eigenvalue weighted by atomic mass is 16.1. The van der Waals surface area contributed by atoms with E-state index in [0.717, 1.165) is 12.4 Å². The van der Waals surface area contributed by atoms with E-state index in [1.54, 1.807) is 0 Å². The highest BCUT2D eigenvalue weighted by Gasteiger charge is 2.41. The molecule has 1 fully saturated rings. The first-order valence-electron chi connectivity index (χ1n) is 6.82. The summed E-state index contributed by atoms with van der Waals surface area (Å²) in [6.45, 7) is 5.00. The molecule has 6 nitrogen and oxygen atoms in total. The Morgan fingerprint density at radius 2 is 2.32 bits per heavy atom. The molecule has 2 aromatic heterocycles. The van der Waals surface area contributed by atoms with E-state index in [-0.39, 0.29) is 5.69 Å². The number of nitrogens with zero attached hydrogens (tertiary/aromatic N) is 3. The Hall–Kier alpha value is -1.85. The van der Waals surface area contributed by atoms with Crippen molar-refractivity contribution in [2.75, 3.05) is 11.9 Å². The van der Waals surface area contributed by atoms with Crippen LogP contribution in [0.1, 0.15) is 38.4 Å². The van der Waals surface area contributed by atoms with Gasteiger partial charge in [0.2, 0.25) is 0 Å². The van der Waals surface area contributed by atoms with Crippen molar-refractivity contribution in [3.8, 4) is 0 Å². The Morgan fingerprint density at radius 1 is 1.53 bits per heavy atom. The molecule has 0 aromatic carbocycles. The van der Waals surface area contributed by atoms with Crippen molar-refractivity contribution >= 4 is 11.5 Å². The van der Waals surface area contributed by atoms with Crippen molar-refractivity contribution in [2.24, 2.45) is 5.41 Å². The van der Waals surface area contributed by atoms with Gasteiger partial charge in [0.15, 0.2) is 5.65 Å². The third-order valence-electron chi connectivity index (χ3n) is 3.95. The summed E-state index contributed by atoms with van der Waals surface area (Å²) in [7, 11) is 0. The highest BCUT2D eigenvalue weighted by molar-refractivity contribution is 5.49. The van der Waals surface area contributed by atoms with Crippen molar-refractivity contribution in [1.82, 2.24) is 19.6 Å². The zero-order valence-corrected chi connectivity index (χ0v) is 11.4. The minimum absolute atomic E-state index is 0.240. The maximum atomic E-state index is 11.5. The van der Waals surface area contributed by atoms with Gasteiger partial charge in [-0.05, 0) is 31.6 Å². The molecule has 6 heteroatoms. The minimum atomic E-state index is -0.240. The molecular formula is C13H19N5O. The predicted octanol–water partition coefficient (Wildman–Crippen LogP) is 1.72. The zero-order valence-electron chi connectivity index (χ0n) is 11.4. The number of hydrogen-bond donors (Lipinski definition) is 2. The van der Waals surface area contributed by atoms with E-state index < -0.39 is 0 Å². The second-order valence-electron chi connectivity index (χ2n) is 5.51. The van der Waals surface area contributed by atoms with Crippen molar-refractivity contribution in [3.05, 3.63) is 22.4 Å². The van der Waals surface area contributed by atoms with Gasteiger partial charge in [0, 0.05) is 12.6 Å². The van der Waals surface area contributed by atoms with Crippen LogP contribution < -0.4 is 11.0 Å². The zero-order chi connectivity index (χ0) is 13.5. The van der Waals surface area contributed by atoms with Crippen LogP contribution >= 0.6 is 0 Å². The summed E-state index contributed by atoms with van der Waals surface area (Å²) in [5, 5.41) is 9.81. The van der Waals surface area contributed by atoms with E-state index in [4.69, 9.17) is 0 Å². The third-order valence-corrected chi connectivity index (χ3v) is 3.95. The van der Waals surface area contributed by atoms with Gasteiger partial charge < -0.3 is 5.32 Å². The molecular weight excluding hydrogens is 242 g/mol. The molecule has 1 aliphatic rings. The van der Waals surface area contributed by atoms with Gasteiger partial charge in [-0.3, -0.25) is 0 Å². The van der Waals surface area contributed by atoms with Crippen LogP contribution in [0.15, 0.2) is 10.9 Å². The summed E-state index contributed by atoms with van der Waals surface area (Å²) < 4.78 is 1.48. The first-order valence-corrected chi connectivity index (χ1v) is 6.82. The van der Waals surface area contributed by atoms with Crippen LogP contribution in [0.25, 0.3) is 5.65 Å². The first kappa shape index (κ1) is 12.2. The number of aryl methyl sites for hydroxylation is 1. The SMILES string of the molecule is CCCC1(CNc2cc3n[nH]c(=O)n3c(C)n2)CC1. The Morgan fingerprint density at radius 3 is 3.00 bits per heavy atom. The summed E-state index contributed by atoms with van der Waals surface area (Å²) in [6.07, 6.45) is 5.10. The molecule has 0 atom stereocenters. The average Bonchev–Trinajstić information content (AvgIpc) is 3.04. The van der Waals surface area contributed by atoms with Gasteiger partial charge in [-0.25, -0.2) is 19.3 Å². The minimum Gasteiger partial charge on any atom is -0.369 e. The number of rotatable bonds is 5. The molecule has 3 rings (SSSR count). The second kappa shape index (κ2) is 4.36. The highest BCUT2D eigenvalue weighted by Crippen LogP contribution is 2.49. The monoisotopic (exact) mass is 261 g/mol. The predicted molar refractivity (Wildman–Crippen MR) is 73.4 cm³/mol. The number of hydrogen-bond acceptors (Lipinski definition) is 4. The molecule has 0 amide bonds. The van der Waals surface area contributed by atoms with Gasteiger partial charge in [0.25, 0.3) is 0 Å². The Balaban J connectivity index is 1.80. The summed E-state index contributed by atoms with van der Waals surface area (Å²) in [5.74, 6) is 1.45. The Bertz CT molecular complexity index is 653. The Labute approximate surface area is 111 Å². The average molecular weight is 261 g/mol. The molecule has 0 spiro atoms. The van der Waals surface area contributed by atoms with Crippen LogP contribution in [0, 0.1) is 12.3 Å². The third kappa shape index (κ3) is 2.22. The maximum Gasteiger partial charge on any atom is 0.349 e. The topological polar surface area (TPSA) is 75.1 Å². The van der Waals surface area contributed by atoms with Crippen LogP contribution in [0.4, 0.5) is 5.82 Å². The van der Waals surface area contributed by atoms with Gasteiger partial charge in [-0.2, -0.15) is 5.10 Å². The number of nitrogens with one attached hydrogen (secondary N) is 2. The molecule has 0 aliphatic heterocycles. The smallest absolute Gasteiger partial charge is 0.349 e. The first-order chi connectivity index (χ1) is 9.13. The van der Waals surface area contributed by atoms with Crippen LogP contribution in [-0.2, 0) is 0 Å². The Kier molecular flexibility index (Phi) is 2.80. The molecule has 102 valence electrons. The standard InChI is InChI=1S/C13H19N5O/c1-3-4-13(5-6-13)8-14-10-7-11-16-17-12(19)18(11)9(2)15-10/h7,14H,3-6,8H2,1-2H3,(H,17,19). The molecule has 0 radical (unpaired) electrons. The quantitative estimate of drug-likeness (QED) is 0.859. The molecule has 0 saturated heterocycles. The van der Waals surface area contributed by atoms with E-state index in [0.29, 0.717) is 16.9 Å². The lowest BCUT2D eigenvalue weighted by Crippen LogP contribution is -2.18. The lowest BCUT2D eigenvalue weighted by molar-refractivity contribution is 0.485. The summed E-state index contributed by atoms with van der Waals surface area (Å²) in [5.41, 5.74) is 0.846. The van der Waals surface area contributed by atoms with E-state index in [2.05, 4.69) is 27.4 Å². The van der Waals surface area contributed by atoms with Crippen LogP contribution in [0.3, 0.4) is 0 Å². The molecule has 2 heterocycles. The maximum absolute atomic E-state index is 11.5. The molecule has 2 N–H and O–H groups in total. The van der Waals surface area contributed by atoms with Crippen LogP contribution in [0.2, 0.25) is 0 Å². The van der Waals surface area contributed by atoms with Gasteiger partial charge in [0.1, 0.15) is 11.6 Å². The van der Waals surface area contributed by atoms with Crippen molar-refractivity contribution < 1.29 is 0 Å². The normalized spacial score (nSPS) is 16.7. The molecule has 0 bridgehead atoms. The number of anilines is 1. The van der Waals surface area contributed by atoms with Gasteiger partial charge in [-0.1, -0.05) is 13.3 Å². The van der Waals surface area contributed by atoms with Gasteiger partial charge in [-0.15, -0.1) is 0 Å². The lowest BCUT2D eigenvalue weighted by Gasteiger charge is -2.15. The fraction of sp³-hybridized carbons (Fsp3) is 0.615. The number of aromatic amines is 1. The van der Waals surface area contributed by atoms with Gasteiger partial charge >= 0.3 is 5.69 Å². The summed E-state index contributed by atoms with van der Waals surface area (Å²) in [4.78, 5) is 15.9. The van der Waals surface area contributed by atoms with E-state index in [1.165, 1.54) is 30.1 Å². The number of aromatic nitrogens is 4. The van der Waals surface area contributed by atoms with E-state index >= 15 is 0 Å². The largest absolute Gasteiger partial charge is 0.369 e. The fourth-order valence-corrected chi connectivity index (χ4v) is 2.69. The van der Waals surface area contributed by atoms with Gasteiger partial charge in [0.05, 0.1) is 0 Å². The fourth-order valence-electron chi connectivity index (χ4n) is 2.69. The number of fused-ring (bicyclic) bond motifs is 1. The van der Waals surface area contributed by atoms with E-state index in [9.17, 15) is 4.79 Å². The second-order valence-corrected chi connectivity index (χ2v) is 5.51. The summed E-state index contributed by atoms with van der Waals surface area (Å²) >= 11 is 0. The number of H-pyrrole nitrogens is 1. The molecule has 1 aliphatic carbocycles. The van der Waals surface area contributed by atoms with Crippen LogP contribution in [0.5, 0.6) is 0 Å².